The summed E-state index contributed by atoms with van der Waals surface area (Å²) in [6.07, 6.45) is 2.92. The molecule has 1 heterocycles. The van der Waals surface area contributed by atoms with Crippen molar-refractivity contribution in [3.8, 4) is 11.8 Å². The van der Waals surface area contributed by atoms with Crippen LogP contribution in [0.3, 0.4) is 0 Å². The van der Waals surface area contributed by atoms with Crippen molar-refractivity contribution in [2.24, 2.45) is 5.73 Å². The number of nitrogens with two attached hydrogens (primary N) is 1. The average molecular weight is 237 g/mol. The Morgan fingerprint density at radius 1 is 1.18 bits per heavy atom. The van der Waals surface area contributed by atoms with Crippen LogP contribution >= 0.6 is 0 Å². The Bertz CT molecular complexity index is 517. The first-order valence-electron chi connectivity index (χ1n) is 4.83. The van der Waals surface area contributed by atoms with Gasteiger partial charge >= 0.3 is 6.01 Å². The van der Waals surface area contributed by atoms with Gasteiger partial charge in [0.1, 0.15) is 0 Å². The number of hydrogen-bond donors (Lipinski definition) is 1. The zero-order chi connectivity index (χ0) is 12.3. The molecule has 2 N–H and O–H groups in total. The molecule has 0 atom stereocenters. The molecule has 0 radical (unpaired) electrons. The van der Waals surface area contributed by atoms with Gasteiger partial charge in [0.15, 0.2) is 11.6 Å². The highest BCUT2D eigenvalue weighted by Crippen LogP contribution is 2.23. The average Bonchev–Trinajstić information content (AvgIpc) is 2.36. The molecule has 0 amide bonds. The molecule has 2 rings (SSSR count). The minimum absolute atomic E-state index is 0.0632. The maximum Gasteiger partial charge on any atom is 0.321 e. The van der Waals surface area contributed by atoms with Crippen molar-refractivity contribution in [1.82, 2.24) is 9.97 Å². The number of hydrogen-bond acceptors (Lipinski definition) is 4. The van der Waals surface area contributed by atoms with Gasteiger partial charge in [0, 0.05) is 24.5 Å². The van der Waals surface area contributed by atoms with E-state index in [0.29, 0.717) is 6.54 Å². The first-order chi connectivity index (χ1) is 8.20. The molecule has 2 aromatic rings. The Balaban J connectivity index is 2.22. The first kappa shape index (κ1) is 11.4. The molecule has 0 spiro atoms. The summed E-state index contributed by atoms with van der Waals surface area (Å²) in [6.45, 7) is 0.300. The Labute approximate surface area is 96.1 Å². The van der Waals surface area contributed by atoms with Crippen molar-refractivity contribution < 1.29 is 13.5 Å². The van der Waals surface area contributed by atoms with Crippen molar-refractivity contribution in [3.63, 3.8) is 0 Å². The quantitative estimate of drug-likeness (QED) is 0.886. The summed E-state index contributed by atoms with van der Waals surface area (Å²) in [5, 5.41) is 0. The lowest BCUT2D eigenvalue weighted by molar-refractivity contribution is 0.392. The fourth-order valence-corrected chi connectivity index (χ4v) is 1.16. The van der Waals surface area contributed by atoms with E-state index in [4.69, 9.17) is 10.5 Å². The second-order valence-corrected chi connectivity index (χ2v) is 3.23. The summed E-state index contributed by atoms with van der Waals surface area (Å²) < 4.78 is 31.2. The minimum atomic E-state index is -1.07. The van der Waals surface area contributed by atoms with E-state index in [1.54, 1.807) is 0 Å². The fourth-order valence-electron chi connectivity index (χ4n) is 1.16. The molecule has 0 fully saturated rings. The van der Waals surface area contributed by atoms with E-state index >= 15 is 0 Å². The van der Waals surface area contributed by atoms with Crippen molar-refractivity contribution >= 4 is 0 Å². The molecule has 0 aliphatic heterocycles. The van der Waals surface area contributed by atoms with Gasteiger partial charge in [-0.05, 0) is 12.1 Å². The maximum absolute atomic E-state index is 13.3. The maximum atomic E-state index is 13.3. The molecule has 1 aromatic heterocycles. The van der Waals surface area contributed by atoms with Gasteiger partial charge in [-0.2, -0.15) is 4.39 Å². The summed E-state index contributed by atoms with van der Waals surface area (Å²) >= 11 is 0. The summed E-state index contributed by atoms with van der Waals surface area (Å²) in [6, 6.07) is 3.56. The number of halogens is 2. The predicted octanol–water partition coefficient (Wildman–Crippen LogP) is 2.01. The number of ether oxygens (including phenoxy) is 1. The van der Waals surface area contributed by atoms with Gasteiger partial charge in [0.25, 0.3) is 0 Å². The van der Waals surface area contributed by atoms with E-state index in [-0.39, 0.29) is 11.8 Å². The molecule has 0 saturated carbocycles. The van der Waals surface area contributed by atoms with Gasteiger partial charge in [-0.3, -0.25) is 0 Å². The van der Waals surface area contributed by atoms with Gasteiger partial charge in [-0.25, -0.2) is 14.4 Å². The monoisotopic (exact) mass is 237 g/mol. The van der Waals surface area contributed by atoms with Crippen LogP contribution in [0.4, 0.5) is 8.78 Å². The van der Waals surface area contributed by atoms with E-state index in [2.05, 4.69) is 9.97 Å². The summed E-state index contributed by atoms with van der Waals surface area (Å²) in [7, 11) is 0. The number of benzene rings is 1. The Hall–Kier alpha value is -2.08. The highest BCUT2D eigenvalue weighted by Gasteiger charge is 2.10. The lowest BCUT2D eigenvalue weighted by Crippen LogP contribution is -2.00. The predicted molar refractivity (Wildman–Crippen MR) is 56.4 cm³/mol. The zero-order valence-electron chi connectivity index (χ0n) is 8.73. The number of aromatic nitrogens is 2. The van der Waals surface area contributed by atoms with Crippen LogP contribution in [0.1, 0.15) is 5.56 Å². The molecular weight excluding hydrogens is 228 g/mol. The molecule has 4 nitrogen and oxygen atoms in total. The van der Waals surface area contributed by atoms with Crippen LogP contribution < -0.4 is 10.5 Å². The molecule has 0 aliphatic carbocycles. The Morgan fingerprint density at radius 3 is 2.53 bits per heavy atom. The smallest absolute Gasteiger partial charge is 0.321 e. The summed E-state index contributed by atoms with van der Waals surface area (Å²) in [4.78, 5) is 7.63. The van der Waals surface area contributed by atoms with Gasteiger partial charge in [-0.1, -0.05) is 6.07 Å². The molecule has 6 heteroatoms. The van der Waals surface area contributed by atoms with E-state index < -0.39 is 11.6 Å². The highest BCUT2D eigenvalue weighted by molar-refractivity contribution is 5.27. The largest absolute Gasteiger partial charge is 0.421 e. The highest BCUT2D eigenvalue weighted by atomic mass is 19.2. The topological polar surface area (TPSA) is 61.0 Å². The van der Waals surface area contributed by atoms with Crippen LogP contribution in [-0.2, 0) is 6.54 Å². The van der Waals surface area contributed by atoms with Crippen molar-refractivity contribution in [3.05, 3.63) is 47.8 Å². The number of rotatable bonds is 3. The molecule has 0 aliphatic rings. The van der Waals surface area contributed by atoms with E-state index in [9.17, 15) is 8.78 Å². The minimum Gasteiger partial charge on any atom is -0.421 e. The normalized spacial score (nSPS) is 10.3. The van der Waals surface area contributed by atoms with Crippen LogP contribution in [-0.4, -0.2) is 9.97 Å². The lowest BCUT2D eigenvalue weighted by atomic mass is 10.3. The van der Waals surface area contributed by atoms with Crippen molar-refractivity contribution in [2.45, 2.75) is 6.54 Å². The second-order valence-electron chi connectivity index (χ2n) is 3.23. The first-order valence-corrected chi connectivity index (χ1v) is 4.83. The Morgan fingerprint density at radius 2 is 1.88 bits per heavy atom. The third-order valence-electron chi connectivity index (χ3n) is 2.03. The fraction of sp³-hybridized carbons (Fsp3) is 0.0909. The molecule has 1 aromatic carbocycles. The standard InChI is InChI=1S/C11H9F2N3O/c12-8-2-1-3-9(10(8)13)17-11-15-5-7(4-14)6-16-11/h1-3,5-6H,4,14H2. The van der Waals surface area contributed by atoms with Gasteiger partial charge < -0.3 is 10.5 Å². The van der Waals surface area contributed by atoms with Crippen LogP contribution in [0.5, 0.6) is 11.8 Å². The molecular formula is C11H9F2N3O. The van der Waals surface area contributed by atoms with Gasteiger partial charge in [0.05, 0.1) is 0 Å². The van der Waals surface area contributed by atoms with Crippen LogP contribution in [0.2, 0.25) is 0 Å². The van der Waals surface area contributed by atoms with E-state index in [0.717, 1.165) is 11.6 Å². The third-order valence-corrected chi connectivity index (χ3v) is 2.03. The van der Waals surface area contributed by atoms with E-state index in [1.165, 1.54) is 24.5 Å². The molecule has 17 heavy (non-hydrogen) atoms. The van der Waals surface area contributed by atoms with Crippen LogP contribution in [0, 0.1) is 11.6 Å². The van der Waals surface area contributed by atoms with Gasteiger partial charge in [-0.15, -0.1) is 0 Å². The molecule has 0 bridgehead atoms. The van der Waals surface area contributed by atoms with Gasteiger partial charge in [0.2, 0.25) is 5.82 Å². The van der Waals surface area contributed by atoms with Crippen LogP contribution in [0.15, 0.2) is 30.6 Å². The van der Waals surface area contributed by atoms with Crippen molar-refractivity contribution in [1.29, 1.82) is 0 Å². The molecule has 0 saturated heterocycles. The van der Waals surface area contributed by atoms with E-state index in [1.807, 2.05) is 0 Å². The van der Waals surface area contributed by atoms with Crippen molar-refractivity contribution in [2.75, 3.05) is 0 Å². The second kappa shape index (κ2) is 4.84. The lowest BCUT2D eigenvalue weighted by Gasteiger charge is -2.05. The molecule has 88 valence electrons. The third kappa shape index (κ3) is 2.54. The summed E-state index contributed by atoms with van der Waals surface area (Å²) in [5.74, 6) is -2.31. The summed E-state index contributed by atoms with van der Waals surface area (Å²) in [5.41, 5.74) is 6.09. The SMILES string of the molecule is NCc1cnc(Oc2cccc(F)c2F)nc1. The van der Waals surface area contributed by atoms with Crippen LogP contribution in [0.25, 0.3) is 0 Å². The number of nitrogens with zero attached hydrogens (tertiary/aromatic N) is 2. The molecule has 0 unspecified atom stereocenters. The Kier molecular flexibility index (Phi) is 3.24. The zero-order valence-corrected chi connectivity index (χ0v) is 8.73.